The molecule has 1 amide bonds. The normalized spacial score (nSPS) is 27.9. The van der Waals surface area contributed by atoms with Gasteiger partial charge in [-0.25, -0.2) is 4.79 Å². The van der Waals surface area contributed by atoms with Gasteiger partial charge in [-0.2, -0.15) is 0 Å². The monoisotopic (exact) mass is 292 g/mol. The molecule has 3 atom stereocenters. The number of fused-ring (bicyclic) bond motifs is 1. The van der Waals surface area contributed by atoms with Gasteiger partial charge in [0.15, 0.2) is 0 Å². The molecule has 1 saturated heterocycles. The predicted octanol–water partition coefficient (Wildman–Crippen LogP) is -0.161. The molecule has 2 heterocycles. The highest BCUT2D eigenvalue weighted by Crippen LogP contribution is 2.34. The van der Waals surface area contributed by atoms with Crippen LogP contribution in [0, 0.1) is 5.92 Å². The molecule has 112 valence electrons. The Morgan fingerprint density at radius 1 is 1.29 bits per heavy atom. The topological polar surface area (TPSA) is 102 Å². The Hall–Kier alpha value is -2.12. The molecule has 3 unspecified atom stereocenters. The van der Waals surface area contributed by atoms with E-state index in [1.54, 1.807) is 24.3 Å². The van der Waals surface area contributed by atoms with Gasteiger partial charge in [0, 0.05) is 6.04 Å². The highest BCUT2D eigenvalue weighted by molar-refractivity contribution is 5.98. The van der Waals surface area contributed by atoms with Gasteiger partial charge in [0.25, 0.3) is 0 Å². The number of hydrogen-bond acceptors (Lipinski definition) is 5. The summed E-state index contributed by atoms with van der Waals surface area (Å²) in [6.45, 7) is 0.566. The van der Waals surface area contributed by atoms with Crippen molar-refractivity contribution in [3.63, 3.8) is 0 Å². The number of rotatable bonds is 2. The third kappa shape index (κ3) is 2.45. The Kier molecular flexibility index (Phi) is 3.52. The SMILES string of the molecule is NC1COCC1C(=O)N1CC(C(=O)O)Oc2ccccc21. The number of carboxylic acids is 1. The van der Waals surface area contributed by atoms with Crippen molar-refractivity contribution in [2.24, 2.45) is 11.7 Å². The molecule has 1 fully saturated rings. The second-order valence-electron chi connectivity index (χ2n) is 5.17. The number of nitrogens with zero attached hydrogens (tertiary/aromatic N) is 1. The molecule has 21 heavy (non-hydrogen) atoms. The van der Waals surface area contributed by atoms with Crippen molar-refractivity contribution in [2.45, 2.75) is 12.1 Å². The average Bonchev–Trinajstić information content (AvgIpc) is 2.91. The van der Waals surface area contributed by atoms with Gasteiger partial charge < -0.3 is 25.2 Å². The van der Waals surface area contributed by atoms with E-state index in [2.05, 4.69) is 0 Å². The van der Waals surface area contributed by atoms with E-state index < -0.39 is 18.0 Å². The van der Waals surface area contributed by atoms with E-state index in [0.29, 0.717) is 18.0 Å². The molecule has 7 nitrogen and oxygen atoms in total. The van der Waals surface area contributed by atoms with E-state index in [1.165, 1.54) is 4.90 Å². The lowest BCUT2D eigenvalue weighted by Crippen LogP contribution is -2.51. The van der Waals surface area contributed by atoms with Crippen LogP contribution in [0.25, 0.3) is 0 Å². The second-order valence-corrected chi connectivity index (χ2v) is 5.17. The fraction of sp³-hybridized carbons (Fsp3) is 0.429. The molecule has 0 aliphatic carbocycles. The van der Waals surface area contributed by atoms with Crippen LogP contribution in [0.2, 0.25) is 0 Å². The Morgan fingerprint density at radius 3 is 2.71 bits per heavy atom. The van der Waals surface area contributed by atoms with E-state index in [-0.39, 0.29) is 25.1 Å². The minimum atomic E-state index is -1.10. The van der Waals surface area contributed by atoms with Gasteiger partial charge in [-0.1, -0.05) is 12.1 Å². The van der Waals surface area contributed by atoms with Gasteiger partial charge in [-0.05, 0) is 12.1 Å². The van der Waals surface area contributed by atoms with Crippen molar-refractivity contribution in [2.75, 3.05) is 24.7 Å². The highest BCUT2D eigenvalue weighted by Gasteiger charge is 2.40. The zero-order valence-electron chi connectivity index (χ0n) is 11.3. The first kappa shape index (κ1) is 13.8. The number of para-hydroxylation sites is 2. The lowest BCUT2D eigenvalue weighted by molar-refractivity contribution is -0.145. The minimum Gasteiger partial charge on any atom is -0.478 e. The van der Waals surface area contributed by atoms with Crippen molar-refractivity contribution in [1.82, 2.24) is 0 Å². The molecule has 0 saturated carbocycles. The number of benzene rings is 1. The van der Waals surface area contributed by atoms with Crippen LogP contribution in [0.4, 0.5) is 5.69 Å². The Balaban J connectivity index is 1.92. The van der Waals surface area contributed by atoms with E-state index >= 15 is 0 Å². The van der Waals surface area contributed by atoms with Crippen LogP contribution in [0.3, 0.4) is 0 Å². The molecule has 0 aromatic heterocycles. The molecular weight excluding hydrogens is 276 g/mol. The molecule has 1 aromatic carbocycles. The number of carbonyl (C=O) groups is 2. The number of hydrogen-bond donors (Lipinski definition) is 2. The van der Waals surface area contributed by atoms with Gasteiger partial charge in [0.1, 0.15) is 5.75 Å². The standard InChI is InChI=1S/C14H16N2O5/c15-9-7-20-6-8(9)13(17)16-5-12(14(18)19)21-11-4-2-1-3-10(11)16/h1-4,8-9,12H,5-7,15H2,(H,18,19). The lowest BCUT2D eigenvalue weighted by atomic mass is 10.0. The van der Waals surface area contributed by atoms with Crippen LogP contribution in [-0.2, 0) is 14.3 Å². The third-order valence-corrected chi connectivity index (χ3v) is 3.76. The molecule has 7 heteroatoms. The highest BCUT2D eigenvalue weighted by atomic mass is 16.5. The fourth-order valence-corrected chi connectivity index (χ4v) is 2.60. The summed E-state index contributed by atoms with van der Waals surface area (Å²) in [6, 6.07) is 6.52. The van der Waals surface area contributed by atoms with Crippen molar-refractivity contribution in [3.8, 4) is 5.75 Å². The van der Waals surface area contributed by atoms with E-state index in [4.69, 9.17) is 20.3 Å². The number of aliphatic carboxylic acids is 1. The number of ether oxygens (including phenoxy) is 2. The van der Waals surface area contributed by atoms with E-state index in [9.17, 15) is 9.59 Å². The number of amides is 1. The Morgan fingerprint density at radius 2 is 2.05 bits per heavy atom. The van der Waals surface area contributed by atoms with Crippen LogP contribution in [0.5, 0.6) is 5.75 Å². The lowest BCUT2D eigenvalue weighted by Gasteiger charge is -2.34. The van der Waals surface area contributed by atoms with Crippen molar-refractivity contribution < 1.29 is 24.2 Å². The van der Waals surface area contributed by atoms with E-state index in [1.807, 2.05) is 0 Å². The van der Waals surface area contributed by atoms with Crippen LogP contribution < -0.4 is 15.4 Å². The molecule has 2 aliphatic rings. The van der Waals surface area contributed by atoms with Gasteiger partial charge >= 0.3 is 5.97 Å². The molecule has 0 radical (unpaired) electrons. The third-order valence-electron chi connectivity index (χ3n) is 3.76. The maximum atomic E-state index is 12.7. The predicted molar refractivity (Wildman–Crippen MR) is 73.1 cm³/mol. The first-order valence-corrected chi connectivity index (χ1v) is 6.71. The Labute approximate surface area is 121 Å². The van der Waals surface area contributed by atoms with Crippen molar-refractivity contribution in [3.05, 3.63) is 24.3 Å². The summed E-state index contributed by atoms with van der Waals surface area (Å²) in [5.41, 5.74) is 6.45. The number of carbonyl (C=O) groups excluding carboxylic acids is 1. The maximum absolute atomic E-state index is 12.7. The smallest absolute Gasteiger partial charge is 0.346 e. The summed E-state index contributed by atoms with van der Waals surface area (Å²) in [5.74, 6) is -1.39. The molecule has 0 spiro atoms. The molecule has 0 bridgehead atoms. The molecule has 3 N–H and O–H groups in total. The Bertz CT molecular complexity index is 576. The van der Waals surface area contributed by atoms with Crippen LogP contribution in [-0.4, -0.2) is 48.9 Å². The van der Waals surface area contributed by atoms with Crippen LogP contribution in [0.1, 0.15) is 0 Å². The summed E-state index contributed by atoms with van der Waals surface area (Å²) in [5, 5.41) is 9.17. The van der Waals surface area contributed by atoms with Crippen molar-refractivity contribution >= 4 is 17.6 Å². The van der Waals surface area contributed by atoms with Gasteiger partial charge in [0.05, 0.1) is 31.4 Å². The summed E-state index contributed by atoms with van der Waals surface area (Å²) in [6.07, 6.45) is -1.08. The van der Waals surface area contributed by atoms with Crippen LogP contribution >= 0.6 is 0 Å². The zero-order valence-corrected chi connectivity index (χ0v) is 11.3. The van der Waals surface area contributed by atoms with Crippen LogP contribution in [0.15, 0.2) is 24.3 Å². The summed E-state index contributed by atoms with van der Waals surface area (Å²) < 4.78 is 10.6. The minimum absolute atomic E-state index is 0.0333. The van der Waals surface area contributed by atoms with Gasteiger partial charge in [0.2, 0.25) is 12.0 Å². The molecule has 3 rings (SSSR count). The first-order chi connectivity index (χ1) is 10.1. The second kappa shape index (κ2) is 5.34. The van der Waals surface area contributed by atoms with Gasteiger partial charge in [-0.3, -0.25) is 4.79 Å². The van der Waals surface area contributed by atoms with Gasteiger partial charge in [-0.15, -0.1) is 0 Å². The number of carboxylic acid groups (broad SMARTS) is 1. The summed E-state index contributed by atoms with van der Waals surface area (Å²) in [4.78, 5) is 25.3. The van der Waals surface area contributed by atoms with Crippen molar-refractivity contribution in [1.29, 1.82) is 0 Å². The largest absolute Gasteiger partial charge is 0.478 e. The molecule has 2 aliphatic heterocycles. The zero-order chi connectivity index (χ0) is 15.0. The first-order valence-electron chi connectivity index (χ1n) is 6.71. The average molecular weight is 292 g/mol. The molecule has 1 aromatic rings. The maximum Gasteiger partial charge on any atom is 0.346 e. The number of nitrogens with two attached hydrogens (primary N) is 1. The summed E-state index contributed by atoms with van der Waals surface area (Å²) >= 11 is 0. The fourth-order valence-electron chi connectivity index (χ4n) is 2.60. The molecular formula is C14H16N2O5. The van der Waals surface area contributed by atoms with E-state index in [0.717, 1.165) is 0 Å². The summed E-state index contributed by atoms with van der Waals surface area (Å²) in [7, 11) is 0. The number of anilines is 1. The quantitative estimate of drug-likeness (QED) is 0.785.